The maximum atomic E-state index is 12.9. The Morgan fingerprint density at radius 1 is 0.275 bits per heavy atom. The minimum atomic E-state index is -0.585. The van der Waals surface area contributed by atoms with E-state index in [0.717, 1.165) is 51.4 Å². The van der Waals surface area contributed by atoms with Gasteiger partial charge in [0.25, 0.3) is 0 Å². The molecular formula is C110H218N12O14P2. The van der Waals surface area contributed by atoms with Crippen molar-refractivity contribution in [2.75, 3.05) is 38.5 Å². The van der Waals surface area contributed by atoms with Crippen molar-refractivity contribution in [3.8, 4) is 0 Å². The van der Waals surface area contributed by atoms with Gasteiger partial charge in [-0.2, -0.15) is 0 Å². The highest BCUT2D eigenvalue weighted by atomic mass is 31.0. The quantitative estimate of drug-likeness (QED) is 0.0199. The van der Waals surface area contributed by atoms with Gasteiger partial charge in [-0.05, 0) is 207 Å². The summed E-state index contributed by atoms with van der Waals surface area (Å²) in [4.78, 5) is 173. The normalized spacial score (nSPS) is 15.3. The van der Waals surface area contributed by atoms with E-state index in [1.165, 1.54) is 0 Å². The molecule has 0 aliphatic carbocycles. The van der Waals surface area contributed by atoms with E-state index in [1.54, 1.807) is 0 Å². The second-order valence-electron chi connectivity index (χ2n) is 52.9. The topological polar surface area (TPSA) is 439 Å². The zero-order valence-electron chi connectivity index (χ0n) is 97.0. The fourth-order valence-electron chi connectivity index (χ4n) is 15.8. The zero-order chi connectivity index (χ0) is 111. The number of carbonyl (C=O) groups excluding carboxylic acids is 14. The molecule has 0 aliphatic rings. The van der Waals surface area contributed by atoms with Crippen molar-refractivity contribution in [1.29, 1.82) is 0 Å². The summed E-state index contributed by atoms with van der Waals surface area (Å²) in [6, 6.07) is -3.10. The van der Waals surface area contributed by atoms with Gasteiger partial charge in [-0.3, -0.25) is 57.5 Å². The molecule has 16 N–H and O–H groups in total. The molecular weight excluding hydrogens is 1780 g/mol. The van der Waals surface area contributed by atoms with Crippen LogP contribution in [0.4, 0.5) is 9.59 Å². The van der Waals surface area contributed by atoms with Crippen LogP contribution < -0.4 is 65.5 Å². The summed E-state index contributed by atoms with van der Waals surface area (Å²) < 4.78 is 0. The standard InChI is InChI=1S/2C20H39N3O3.2C18H37N2O2P.2C17H33NO2/c2*1-13(2)14(12-19(3,4)5)17(25)23-15(16(24)20(6,7)8)10-9-11-22-18(21)26;2*1-17(2,3)16(22)13(9-7-8-10-19)11-15(21)14(12-23)20-18(4,5)6;2*1-11(2)14(18-17(7,8)9)13(19)10-12(3)15(20)16(4,5)6/h2*13-15H,9-12H2,1-8H3,(H,23,25)(H3,21,22,26);2*13-14,20H,7-12,19,23H2,1-6H3;2*11-12,14,18H,10H2,1-9H3. The van der Waals surface area contributed by atoms with E-state index in [9.17, 15) is 67.1 Å². The van der Waals surface area contributed by atoms with Crippen molar-refractivity contribution in [2.45, 2.75) is 480 Å². The highest BCUT2D eigenvalue weighted by Gasteiger charge is 2.41. The van der Waals surface area contributed by atoms with Gasteiger partial charge in [0.15, 0.2) is 34.7 Å². The first-order valence-corrected chi connectivity index (χ1v) is 53.2. The Hall–Kier alpha value is -5.20. The number of carbonyl (C=O) groups is 14. The molecule has 0 rings (SSSR count). The molecule has 0 aromatic rings. The summed E-state index contributed by atoms with van der Waals surface area (Å²) in [7, 11) is 5.27. The summed E-state index contributed by atoms with van der Waals surface area (Å²) in [5.41, 5.74) is 18.1. The predicted molar refractivity (Wildman–Crippen MR) is 584 cm³/mol. The monoisotopic (exact) mass is 1990 g/mol. The number of Topliss-reactive ketones (excluding diaryl/α,β-unsaturated/α-hetero) is 10. The van der Waals surface area contributed by atoms with Crippen LogP contribution >= 0.6 is 18.5 Å². The van der Waals surface area contributed by atoms with Crippen molar-refractivity contribution in [3.05, 3.63) is 0 Å². The molecule has 0 aliphatic heterocycles. The van der Waals surface area contributed by atoms with E-state index >= 15 is 0 Å². The summed E-state index contributed by atoms with van der Waals surface area (Å²) in [6.45, 7) is 93.5. The lowest BCUT2D eigenvalue weighted by Crippen LogP contribution is -2.51. The van der Waals surface area contributed by atoms with Crippen LogP contribution in [0.2, 0.25) is 0 Å². The predicted octanol–water partition coefficient (Wildman–Crippen LogP) is 19.6. The van der Waals surface area contributed by atoms with Gasteiger partial charge in [0.1, 0.15) is 23.1 Å². The highest BCUT2D eigenvalue weighted by molar-refractivity contribution is 7.16. The number of nitrogens with two attached hydrogens (primary N) is 4. The fraction of sp³-hybridized carbons (Fsp3) is 0.873. The zero-order valence-corrected chi connectivity index (χ0v) is 99.3. The Balaban J connectivity index is -0.000000380. The maximum Gasteiger partial charge on any atom is 0.312 e. The van der Waals surface area contributed by atoms with Crippen LogP contribution in [0.5, 0.6) is 0 Å². The molecule has 0 aromatic heterocycles. The number of unbranched alkanes of at least 4 members (excludes halogenated alkanes) is 2. The Morgan fingerprint density at radius 3 is 0.696 bits per heavy atom. The number of hydrogen-bond donors (Lipinski definition) is 12. The summed E-state index contributed by atoms with van der Waals surface area (Å²) in [6.07, 6.45) is 11.3. The van der Waals surface area contributed by atoms with Crippen LogP contribution in [0.1, 0.15) is 421 Å². The number of hydrogen-bond acceptors (Lipinski definition) is 20. The second kappa shape index (κ2) is 64.6. The molecule has 14 unspecified atom stereocenters. The van der Waals surface area contributed by atoms with E-state index in [1.807, 2.05) is 235 Å². The molecule has 0 bridgehead atoms. The van der Waals surface area contributed by atoms with Crippen molar-refractivity contribution in [1.82, 2.24) is 42.5 Å². The average molecular weight is 1990 g/mol. The molecule has 0 radical (unpaired) electrons. The number of rotatable bonds is 50. The van der Waals surface area contributed by atoms with Gasteiger partial charge in [-0.1, -0.05) is 248 Å². The third-order valence-corrected chi connectivity index (χ3v) is 23.8. The van der Waals surface area contributed by atoms with E-state index in [4.69, 9.17) is 22.9 Å². The highest BCUT2D eigenvalue weighted by Crippen LogP contribution is 2.35. The minimum Gasteiger partial charge on any atom is -0.352 e. The van der Waals surface area contributed by atoms with Crippen molar-refractivity contribution in [3.63, 3.8) is 0 Å². The molecule has 0 saturated heterocycles. The molecule has 138 heavy (non-hydrogen) atoms. The number of amides is 6. The first-order chi connectivity index (χ1) is 61.6. The van der Waals surface area contributed by atoms with Gasteiger partial charge in [0.2, 0.25) is 11.8 Å². The molecule has 0 aromatic carbocycles. The molecule has 0 fully saturated rings. The van der Waals surface area contributed by atoms with Crippen molar-refractivity contribution in [2.24, 2.45) is 125 Å². The van der Waals surface area contributed by atoms with E-state index in [0.29, 0.717) is 89.9 Å². The second-order valence-corrected chi connectivity index (χ2v) is 53.9. The SMILES string of the molecule is CC(C)(C)NC(CP)C(=O)CC(CCCCN)C(=O)C(C)(C)C.CC(C)(C)NC(CP)C(=O)CC(CCCCN)C(=O)C(C)(C)C.CC(C)C(CC(C)(C)C)C(=O)NC(CCCNC(N)=O)C(=O)C(C)(C)C.CC(C)C(CC(C)(C)C)C(=O)NC(CCCNC(N)=O)C(=O)C(C)(C)C.CC(CC(=O)C(NC(C)(C)C)C(C)C)C(=O)C(C)(C)C.CC(CC(=O)C(NC(C)(C)C)C(C)C)C(=O)C(C)(C)C. The lowest BCUT2D eigenvalue weighted by molar-refractivity contribution is -0.135. The van der Waals surface area contributed by atoms with Crippen LogP contribution in [0.3, 0.4) is 0 Å². The Kier molecular flexibility index (Phi) is 67.2. The van der Waals surface area contributed by atoms with Gasteiger partial charge in [0, 0.05) is 129 Å². The smallest absolute Gasteiger partial charge is 0.312 e. The molecule has 812 valence electrons. The first-order valence-electron chi connectivity index (χ1n) is 51.6. The molecule has 0 heterocycles. The van der Waals surface area contributed by atoms with Crippen LogP contribution in [0.25, 0.3) is 0 Å². The Morgan fingerprint density at radius 2 is 0.514 bits per heavy atom. The largest absolute Gasteiger partial charge is 0.352 e. The molecule has 6 amide bonds. The van der Waals surface area contributed by atoms with Crippen LogP contribution in [0.15, 0.2) is 0 Å². The molecule has 0 saturated carbocycles. The molecule has 28 heteroatoms. The number of urea groups is 2. The molecule has 26 nitrogen and oxygen atoms in total. The molecule has 0 spiro atoms. The van der Waals surface area contributed by atoms with Crippen LogP contribution in [-0.4, -0.2) is 179 Å². The fourth-order valence-corrected chi connectivity index (χ4v) is 16.5. The van der Waals surface area contributed by atoms with E-state index < -0.39 is 45.8 Å². The van der Waals surface area contributed by atoms with Gasteiger partial charge in [0.05, 0.1) is 36.3 Å². The van der Waals surface area contributed by atoms with Gasteiger partial charge in [-0.25, -0.2) is 9.59 Å². The number of ketones is 10. The lowest BCUT2D eigenvalue weighted by Gasteiger charge is -2.31. The van der Waals surface area contributed by atoms with Gasteiger partial charge < -0.3 is 65.5 Å². The van der Waals surface area contributed by atoms with Gasteiger partial charge >= 0.3 is 12.1 Å². The number of primary amides is 2. The third-order valence-electron chi connectivity index (χ3n) is 22.8. The maximum absolute atomic E-state index is 12.9. The summed E-state index contributed by atoms with van der Waals surface area (Å²) in [5, 5.41) is 24.5. The average Bonchev–Trinajstić information content (AvgIpc) is 0.354. The first kappa shape index (κ1) is 143. The van der Waals surface area contributed by atoms with E-state index in [-0.39, 0.29) is 197 Å². The Labute approximate surface area is 848 Å². The minimum absolute atomic E-state index is 0.00295. The van der Waals surface area contributed by atoms with Crippen LogP contribution in [0, 0.1) is 102 Å². The van der Waals surface area contributed by atoms with Crippen molar-refractivity contribution < 1.29 is 67.1 Å². The summed E-state index contributed by atoms with van der Waals surface area (Å²) >= 11 is 0. The third kappa shape index (κ3) is 70.5. The summed E-state index contributed by atoms with van der Waals surface area (Å²) in [5.74, 6) is 0.784. The number of nitrogens with one attached hydrogen (secondary N) is 8. The molecule has 14 atom stereocenters. The van der Waals surface area contributed by atoms with Gasteiger partial charge in [-0.15, -0.1) is 18.5 Å². The van der Waals surface area contributed by atoms with E-state index in [2.05, 4.69) is 144 Å². The lowest BCUT2D eigenvalue weighted by atomic mass is 9.78. The van der Waals surface area contributed by atoms with Crippen LogP contribution in [-0.2, 0) is 57.5 Å². The Bertz CT molecular complexity index is 3410. The van der Waals surface area contributed by atoms with Crippen molar-refractivity contribution >= 4 is 100 Å².